The van der Waals surface area contributed by atoms with Crippen LogP contribution < -0.4 is 4.90 Å². The number of aliphatic hydroxyl groups is 1. The van der Waals surface area contributed by atoms with Crippen LogP contribution in [0.3, 0.4) is 0 Å². The number of nitrogens with zero attached hydrogens (tertiary/aromatic N) is 3. The summed E-state index contributed by atoms with van der Waals surface area (Å²) in [5.41, 5.74) is 1.65. The number of thioether (sulfide) groups is 1. The van der Waals surface area contributed by atoms with Crippen molar-refractivity contribution in [3.05, 3.63) is 90.5 Å². The number of carbonyl (C=O) groups excluding carboxylic acids is 3. The predicted molar refractivity (Wildman–Crippen MR) is 168 cm³/mol. The summed E-state index contributed by atoms with van der Waals surface area (Å²) in [5, 5.41) is 10.9. The van der Waals surface area contributed by atoms with Gasteiger partial charge >= 0.3 is 0 Å². The van der Waals surface area contributed by atoms with Crippen molar-refractivity contribution in [2.24, 2.45) is 11.8 Å². The van der Waals surface area contributed by atoms with E-state index < -0.39 is 28.7 Å². The normalized spacial score (nSPS) is 26.5. The third-order valence-electron chi connectivity index (χ3n) is 8.93. The Morgan fingerprint density at radius 1 is 1.12 bits per heavy atom. The highest BCUT2D eigenvalue weighted by Gasteiger charge is 2.74. The number of hydrogen-bond donors (Lipinski definition) is 1. The summed E-state index contributed by atoms with van der Waals surface area (Å²) >= 11 is 7.77. The second kappa shape index (κ2) is 12.7. The minimum atomic E-state index is -0.822. The van der Waals surface area contributed by atoms with Gasteiger partial charge in [0.05, 0.1) is 29.2 Å². The molecule has 2 aromatic rings. The van der Waals surface area contributed by atoms with Gasteiger partial charge < -0.3 is 19.8 Å². The molecule has 42 heavy (non-hydrogen) atoms. The van der Waals surface area contributed by atoms with Gasteiger partial charge in [-0.2, -0.15) is 0 Å². The van der Waals surface area contributed by atoms with Crippen LogP contribution in [0.25, 0.3) is 0 Å². The van der Waals surface area contributed by atoms with Gasteiger partial charge in [-0.1, -0.05) is 61.0 Å². The fourth-order valence-corrected chi connectivity index (χ4v) is 9.40. The second-order valence-electron chi connectivity index (χ2n) is 11.3. The molecule has 6 atom stereocenters. The first-order valence-corrected chi connectivity index (χ1v) is 15.8. The molecule has 3 aliphatic rings. The van der Waals surface area contributed by atoms with Crippen LogP contribution >= 0.6 is 23.4 Å². The fraction of sp³-hybridized carbons (Fsp3) is 0.424. The Labute approximate surface area is 257 Å². The Hall–Kier alpha value is -3.07. The van der Waals surface area contributed by atoms with Gasteiger partial charge in [0, 0.05) is 35.6 Å². The maximum atomic E-state index is 14.6. The molecule has 2 aromatic carbocycles. The molecule has 3 fully saturated rings. The molecule has 0 aliphatic carbocycles. The minimum Gasteiger partial charge on any atom is -0.394 e. The standard InChI is InChI=1S/C33H38ClN3O4S/c1-4-18-35(20-22-10-8-7-9-11-22)30(39)27-26-16-17-33(42-26)28(27)31(40)37(24(6-3)21-38)29(33)32(41)36(19-5-2)25-14-12-23(34)13-15-25/h4-5,7-15,24,26-29,38H,1-2,6,16-21H2,3H3/t24-,26-,27+,28-,29?,33?/m0/s1. The van der Waals surface area contributed by atoms with E-state index in [1.807, 2.05) is 37.3 Å². The zero-order chi connectivity index (χ0) is 30.0. The summed E-state index contributed by atoms with van der Waals surface area (Å²) < 4.78 is -0.764. The zero-order valence-electron chi connectivity index (χ0n) is 23.9. The summed E-state index contributed by atoms with van der Waals surface area (Å²) in [6, 6.07) is 15.5. The molecule has 3 heterocycles. The number of likely N-dealkylation sites (tertiary alicyclic amines) is 1. The van der Waals surface area contributed by atoms with Crippen LogP contribution in [0.4, 0.5) is 5.69 Å². The topological polar surface area (TPSA) is 81.2 Å². The molecule has 7 nitrogen and oxygen atoms in total. The number of amides is 3. The number of halogens is 1. The van der Waals surface area contributed by atoms with Gasteiger partial charge in [-0.25, -0.2) is 0 Å². The summed E-state index contributed by atoms with van der Waals surface area (Å²) in [6.07, 6.45) is 5.26. The molecule has 2 unspecified atom stereocenters. The average Bonchev–Trinajstić information content (AvgIpc) is 3.64. The molecule has 222 valence electrons. The Morgan fingerprint density at radius 2 is 1.81 bits per heavy atom. The van der Waals surface area contributed by atoms with E-state index in [0.717, 1.165) is 12.0 Å². The summed E-state index contributed by atoms with van der Waals surface area (Å²) in [5.74, 6) is -1.73. The highest BCUT2D eigenvalue weighted by atomic mass is 35.5. The van der Waals surface area contributed by atoms with Gasteiger partial charge in [-0.05, 0) is 49.1 Å². The molecule has 0 radical (unpaired) electrons. The first-order valence-electron chi connectivity index (χ1n) is 14.5. The molecule has 3 saturated heterocycles. The lowest BCUT2D eigenvalue weighted by Crippen LogP contribution is -2.57. The van der Waals surface area contributed by atoms with Gasteiger partial charge in [-0.15, -0.1) is 24.9 Å². The Bertz CT molecular complexity index is 1330. The summed E-state index contributed by atoms with van der Waals surface area (Å²) in [4.78, 5) is 48.4. The van der Waals surface area contributed by atoms with E-state index in [9.17, 15) is 19.5 Å². The van der Waals surface area contributed by atoms with Crippen LogP contribution in [0.2, 0.25) is 5.02 Å². The first-order chi connectivity index (χ1) is 20.3. The Kier molecular flexibility index (Phi) is 9.16. The maximum Gasteiger partial charge on any atom is 0.251 e. The summed E-state index contributed by atoms with van der Waals surface area (Å²) in [7, 11) is 0. The first kappa shape index (κ1) is 30.4. The molecule has 5 rings (SSSR count). The number of rotatable bonds is 12. The molecule has 9 heteroatoms. The van der Waals surface area contributed by atoms with Crippen molar-refractivity contribution >= 4 is 46.8 Å². The van der Waals surface area contributed by atoms with Gasteiger partial charge in [-0.3, -0.25) is 14.4 Å². The summed E-state index contributed by atoms with van der Waals surface area (Å²) in [6.45, 7) is 10.4. The Balaban J connectivity index is 1.55. The fourth-order valence-electron chi connectivity index (χ4n) is 7.08. The van der Waals surface area contributed by atoms with Gasteiger partial charge in [0.1, 0.15) is 6.04 Å². The highest BCUT2D eigenvalue weighted by molar-refractivity contribution is 8.02. The van der Waals surface area contributed by atoms with Crippen molar-refractivity contribution in [3.8, 4) is 0 Å². The number of aliphatic hydroxyl groups excluding tert-OH is 1. The van der Waals surface area contributed by atoms with E-state index >= 15 is 0 Å². The van der Waals surface area contributed by atoms with E-state index in [1.165, 1.54) is 0 Å². The SMILES string of the molecule is C=CCN(Cc1ccccc1)C(=O)[C@@H]1[C@@H]2CCC3(S2)C(C(=O)N(CC=C)c2ccc(Cl)cc2)N([C@@H](CC)CO)C(=O)[C@H]13. The van der Waals surface area contributed by atoms with Crippen molar-refractivity contribution in [2.45, 2.75) is 54.8 Å². The Morgan fingerprint density at radius 3 is 2.43 bits per heavy atom. The second-order valence-corrected chi connectivity index (χ2v) is 13.3. The van der Waals surface area contributed by atoms with E-state index in [2.05, 4.69) is 13.2 Å². The lowest BCUT2D eigenvalue weighted by atomic mass is 9.70. The van der Waals surface area contributed by atoms with Crippen molar-refractivity contribution in [1.29, 1.82) is 0 Å². The third-order valence-corrected chi connectivity index (χ3v) is 11.1. The number of benzene rings is 2. The molecule has 1 N–H and O–H groups in total. The van der Waals surface area contributed by atoms with Crippen LogP contribution in [0.5, 0.6) is 0 Å². The van der Waals surface area contributed by atoms with E-state index in [0.29, 0.717) is 36.6 Å². The van der Waals surface area contributed by atoms with Gasteiger partial charge in [0.15, 0.2) is 0 Å². The molecule has 0 aromatic heterocycles. The van der Waals surface area contributed by atoms with Crippen LogP contribution in [-0.2, 0) is 20.9 Å². The largest absolute Gasteiger partial charge is 0.394 e. The predicted octanol–water partition coefficient (Wildman–Crippen LogP) is 4.94. The van der Waals surface area contributed by atoms with Crippen molar-refractivity contribution in [3.63, 3.8) is 0 Å². The zero-order valence-corrected chi connectivity index (χ0v) is 25.5. The molecule has 1 spiro atoms. The quantitative estimate of drug-likeness (QED) is 0.346. The molecular formula is C33H38ClN3O4S. The van der Waals surface area contributed by atoms with Crippen molar-refractivity contribution < 1.29 is 19.5 Å². The molecule has 0 saturated carbocycles. The van der Waals surface area contributed by atoms with Crippen LogP contribution in [0.1, 0.15) is 31.7 Å². The van der Waals surface area contributed by atoms with Crippen LogP contribution in [0.15, 0.2) is 79.9 Å². The van der Waals surface area contributed by atoms with Crippen LogP contribution in [-0.4, -0.2) is 74.4 Å². The average molecular weight is 608 g/mol. The van der Waals surface area contributed by atoms with E-state index in [1.54, 1.807) is 62.9 Å². The minimum absolute atomic E-state index is 0.0652. The monoisotopic (exact) mass is 607 g/mol. The molecular weight excluding hydrogens is 570 g/mol. The van der Waals surface area contributed by atoms with E-state index in [-0.39, 0.29) is 36.1 Å². The lowest BCUT2D eigenvalue weighted by molar-refractivity contribution is -0.145. The van der Waals surface area contributed by atoms with Crippen molar-refractivity contribution in [1.82, 2.24) is 9.80 Å². The van der Waals surface area contributed by atoms with Gasteiger partial charge in [0.2, 0.25) is 11.8 Å². The molecule has 3 aliphatic heterocycles. The van der Waals surface area contributed by atoms with Crippen molar-refractivity contribution in [2.75, 3.05) is 24.6 Å². The highest BCUT2D eigenvalue weighted by Crippen LogP contribution is 2.67. The number of fused-ring (bicyclic) bond motifs is 1. The number of anilines is 1. The molecule has 3 amide bonds. The smallest absolute Gasteiger partial charge is 0.251 e. The van der Waals surface area contributed by atoms with E-state index in [4.69, 9.17) is 11.6 Å². The van der Waals surface area contributed by atoms with Crippen LogP contribution in [0, 0.1) is 11.8 Å². The van der Waals surface area contributed by atoms with Gasteiger partial charge in [0.25, 0.3) is 5.91 Å². The third kappa shape index (κ3) is 5.18. The molecule has 2 bridgehead atoms. The lowest BCUT2D eigenvalue weighted by Gasteiger charge is -2.39. The number of hydrogen-bond acceptors (Lipinski definition) is 5. The number of carbonyl (C=O) groups is 3. The maximum absolute atomic E-state index is 14.6.